The number of carbonyl (C=O) groups is 2. The molecule has 35 heavy (non-hydrogen) atoms. The highest BCUT2D eigenvalue weighted by molar-refractivity contribution is 6.25. The molecule has 1 fully saturated rings. The molecule has 0 radical (unpaired) electrons. The average molecular weight is 488 g/mol. The smallest absolute Gasteiger partial charge is 0.386 e. The Labute approximate surface area is 195 Å². The maximum absolute atomic E-state index is 13.3. The lowest BCUT2D eigenvalue weighted by atomic mass is 9.89. The predicted octanol–water partition coefficient (Wildman–Crippen LogP) is 6.69. The van der Waals surface area contributed by atoms with Gasteiger partial charge in [0.05, 0.1) is 22.3 Å². The summed E-state index contributed by atoms with van der Waals surface area (Å²) in [5, 5.41) is 0. The van der Waals surface area contributed by atoms with Gasteiger partial charge in [0.15, 0.2) is 0 Å². The molecule has 3 aromatic rings. The molecule has 1 heterocycles. The fourth-order valence-corrected chi connectivity index (χ4v) is 3.66. The topological polar surface area (TPSA) is 43.4 Å². The fourth-order valence-electron chi connectivity index (χ4n) is 3.66. The lowest BCUT2D eigenvalue weighted by Gasteiger charge is -2.14. The number of halogens is 6. The maximum atomic E-state index is 13.3. The van der Waals surface area contributed by atoms with Crippen LogP contribution in [0.5, 0.6) is 0 Å². The van der Waals surface area contributed by atoms with Crippen molar-refractivity contribution in [2.24, 2.45) is 0 Å². The van der Waals surface area contributed by atoms with Crippen molar-refractivity contribution in [3.05, 3.63) is 118 Å². The standard InChI is InChI=1S/C26H14F6O3/c27-25(28,29)18-11-15(12-19(14-18)26(30,31)32)13-20-22(24(34)35-23(20)33)21(16-7-3-1-4-8-16)17-9-5-2-6-10-17/h1-14H/b20-13+. The molecule has 0 spiro atoms. The number of alkyl halides is 6. The van der Waals surface area contributed by atoms with Gasteiger partial charge in [0, 0.05) is 5.57 Å². The summed E-state index contributed by atoms with van der Waals surface area (Å²) in [7, 11) is 0. The number of hydrogen-bond acceptors (Lipinski definition) is 3. The van der Waals surface area contributed by atoms with E-state index in [-0.39, 0.29) is 17.2 Å². The molecular weight excluding hydrogens is 474 g/mol. The number of carbonyl (C=O) groups excluding carboxylic acids is 2. The van der Waals surface area contributed by atoms with Crippen LogP contribution in [0.4, 0.5) is 26.3 Å². The number of hydrogen-bond donors (Lipinski definition) is 0. The molecule has 9 heteroatoms. The van der Waals surface area contributed by atoms with Crippen molar-refractivity contribution in [3.63, 3.8) is 0 Å². The van der Waals surface area contributed by atoms with E-state index in [1.54, 1.807) is 60.7 Å². The molecule has 1 aliphatic heterocycles. The first kappa shape index (κ1) is 24.0. The molecule has 1 saturated heterocycles. The lowest BCUT2D eigenvalue weighted by Crippen LogP contribution is -2.11. The molecular formula is C26H14F6O3. The summed E-state index contributed by atoms with van der Waals surface area (Å²) >= 11 is 0. The molecule has 0 unspecified atom stereocenters. The molecule has 0 aromatic heterocycles. The van der Waals surface area contributed by atoms with Crippen molar-refractivity contribution < 1.29 is 40.7 Å². The Kier molecular flexibility index (Phi) is 6.10. The number of benzene rings is 3. The highest BCUT2D eigenvalue weighted by atomic mass is 19.4. The zero-order chi connectivity index (χ0) is 25.4. The second-order valence-electron chi connectivity index (χ2n) is 7.56. The van der Waals surface area contributed by atoms with E-state index in [0.29, 0.717) is 23.3 Å². The second kappa shape index (κ2) is 8.90. The Bertz CT molecular complexity index is 1280. The van der Waals surface area contributed by atoms with Crippen molar-refractivity contribution >= 4 is 23.6 Å². The van der Waals surface area contributed by atoms with Crippen molar-refractivity contribution in [1.29, 1.82) is 0 Å². The molecule has 1 aliphatic rings. The summed E-state index contributed by atoms with van der Waals surface area (Å²) in [5.74, 6) is -2.24. The van der Waals surface area contributed by atoms with E-state index in [1.165, 1.54) is 0 Å². The lowest BCUT2D eigenvalue weighted by molar-refractivity contribution is -0.150. The Morgan fingerprint density at radius 2 is 1.11 bits per heavy atom. The van der Waals surface area contributed by atoms with Gasteiger partial charge in [0.25, 0.3) is 0 Å². The SMILES string of the molecule is O=C1OC(=O)/C(=C/c2cc(C(F)(F)F)cc(C(F)(F)F)c2)C1=C(c1ccccc1)c1ccccc1. The molecule has 0 saturated carbocycles. The van der Waals surface area contributed by atoms with Crippen LogP contribution in [0.3, 0.4) is 0 Å². The summed E-state index contributed by atoms with van der Waals surface area (Å²) in [6.45, 7) is 0. The fraction of sp³-hybridized carbons (Fsp3) is 0.0769. The van der Waals surface area contributed by atoms with Crippen LogP contribution in [0, 0.1) is 0 Å². The summed E-state index contributed by atoms with van der Waals surface area (Å²) in [6.07, 6.45) is -9.34. The van der Waals surface area contributed by atoms with Crippen molar-refractivity contribution in [2.75, 3.05) is 0 Å². The molecule has 3 nitrogen and oxygen atoms in total. The van der Waals surface area contributed by atoms with E-state index >= 15 is 0 Å². The van der Waals surface area contributed by atoms with Crippen LogP contribution in [-0.2, 0) is 26.7 Å². The summed E-state index contributed by atoms with van der Waals surface area (Å²) < 4.78 is 84.5. The first-order valence-electron chi connectivity index (χ1n) is 10.1. The Hall–Kier alpha value is -4.14. The van der Waals surface area contributed by atoms with Crippen LogP contribution in [0.1, 0.15) is 27.8 Å². The van der Waals surface area contributed by atoms with Gasteiger partial charge in [-0.2, -0.15) is 26.3 Å². The van der Waals surface area contributed by atoms with Crippen molar-refractivity contribution in [2.45, 2.75) is 12.4 Å². The quantitative estimate of drug-likeness (QED) is 0.179. The number of cyclic esters (lactones) is 2. The molecule has 4 rings (SSSR count). The van der Waals surface area contributed by atoms with Crippen LogP contribution < -0.4 is 0 Å². The largest absolute Gasteiger partial charge is 0.416 e. The predicted molar refractivity (Wildman–Crippen MR) is 114 cm³/mol. The third-order valence-corrected chi connectivity index (χ3v) is 5.17. The zero-order valence-corrected chi connectivity index (χ0v) is 17.6. The highest BCUT2D eigenvalue weighted by Crippen LogP contribution is 2.39. The van der Waals surface area contributed by atoms with Gasteiger partial charge in [0.1, 0.15) is 0 Å². The highest BCUT2D eigenvalue weighted by Gasteiger charge is 2.39. The molecule has 0 aliphatic carbocycles. The third kappa shape index (κ3) is 5.03. The van der Waals surface area contributed by atoms with Gasteiger partial charge in [-0.25, -0.2) is 9.59 Å². The van der Waals surface area contributed by atoms with Crippen LogP contribution in [-0.4, -0.2) is 11.9 Å². The van der Waals surface area contributed by atoms with Gasteiger partial charge in [-0.05, 0) is 41.0 Å². The van der Waals surface area contributed by atoms with Gasteiger partial charge in [-0.15, -0.1) is 0 Å². The van der Waals surface area contributed by atoms with Crippen LogP contribution >= 0.6 is 0 Å². The molecule has 0 N–H and O–H groups in total. The molecule has 3 aromatic carbocycles. The Morgan fingerprint density at radius 1 is 0.657 bits per heavy atom. The minimum absolute atomic E-state index is 0.0176. The van der Waals surface area contributed by atoms with E-state index in [4.69, 9.17) is 4.74 Å². The first-order valence-corrected chi connectivity index (χ1v) is 10.1. The van der Waals surface area contributed by atoms with E-state index < -0.39 is 46.6 Å². The van der Waals surface area contributed by atoms with Crippen molar-refractivity contribution in [1.82, 2.24) is 0 Å². The third-order valence-electron chi connectivity index (χ3n) is 5.17. The van der Waals surface area contributed by atoms with Gasteiger partial charge < -0.3 is 4.74 Å². The minimum Gasteiger partial charge on any atom is -0.386 e. The van der Waals surface area contributed by atoms with Crippen LogP contribution in [0.25, 0.3) is 11.6 Å². The normalized spacial score (nSPS) is 15.5. The van der Waals surface area contributed by atoms with E-state index in [9.17, 15) is 35.9 Å². The second-order valence-corrected chi connectivity index (χ2v) is 7.56. The average Bonchev–Trinajstić information content (AvgIpc) is 3.07. The molecule has 0 atom stereocenters. The number of ether oxygens (including phenoxy) is 1. The molecule has 178 valence electrons. The summed E-state index contributed by atoms with van der Waals surface area (Å²) in [6, 6.07) is 17.6. The zero-order valence-electron chi connectivity index (χ0n) is 17.6. The van der Waals surface area contributed by atoms with E-state index in [1.807, 2.05) is 0 Å². The first-order chi connectivity index (χ1) is 16.4. The Balaban J connectivity index is 2.00. The minimum atomic E-state index is -5.07. The van der Waals surface area contributed by atoms with Gasteiger partial charge in [-0.3, -0.25) is 0 Å². The van der Waals surface area contributed by atoms with Crippen LogP contribution in [0.2, 0.25) is 0 Å². The van der Waals surface area contributed by atoms with Gasteiger partial charge in [-0.1, -0.05) is 60.7 Å². The van der Waals surface area contributed by atoms with Crippen molar-refractivity contribution in [3.8, 4) is 0 Å². The summed E-state index contributed by atoms with van der Waals surface area (Å²) in [4.78, 5) is 25.3. The van der Waals surface area contributed by atoms with E-state index in [0.717, 1.165) is 6.08 Å². The molecule has 0 bridgehead atoms. The monoisotopic (exact) mass is 488 g/mol. The number of esters is 2. The van der Waals surface area contributed by atoms with Crippen LogP contribution in [0.15, 0.2) is 90.0 Å². The Morgan fingerprint density at radius 3 is 1.54 bits per heavy atom. The van der Waals surface area contributed by atoms with Gasteiger partial charge >= 0.3 is 24.3 Å². The molecule has 0 amide bonds. The van der Waals surface area contributed by atoms with Gasteiger partial charge in [0.2, 0.25) is 0 Å². The van der Waals surface area contributed by atoms with E-state index in [2.05, 4.69) is 0 Å². The number of rotatable bonds is 3. The maximum Gasteiger partial charge on any atom is 0.416 e. The summed E-state index contributed by atoms with van der Waals surface area (Å²) in [5.41, 5.74) is -3.15.